The normalized spacial score (nSPS) is 18.9. The van der Waals surface area contributed by atoms with E-state index in [2.05, 4.69) is 79.5 Å². The maximum Gasteiger partial charge on any atom is 0.203 e. The highest BCUT2D eigenvalue weighted by Gasteiger charge is 2.42. The van der Waals surface area contributed by atoms with Crippen molar-refractivity contribution in [3.8, 4) is 17.2 Å². The lowest BCUT2D eigenvalue weighted by Gasteiger charge is -2.31. The summed E-state index contributed by atoms with van der Waals surface area (Å²) in [5, 5.41) is 7.43. The lowest BCUT2D eigenvalue weighted by Crippen LogP contribution is -2.29. The highest BCUT2D eigenvalue weighted by atomic mass is 16.5. The van der Waals surface area contributed by atoms with Crippen LogP contribution < -0.4 is 19.2 Å². The zero-order valence-electron chi connectivity index (χ0n) is 20.5. The van der Waals surface area contributed by atoms with E-state index >= 15 is 0 Å². The van der Waals surface area contributed by atoms with Gasteiger partial charge in [0.1, 0.15) is 0 Å². The summed E-state index contributed by atoms with van der Waals surface area (Å²) in [5.41, 5.74) is 7.31. The molecule has 3 aromatic carbocycles. The molecule has 1 aliphatic carbocycles. The Balaban J connectivity index is 1.65. The molecule has 176 valence electrons. The first-order valence-electron chi connectivity index (χ1n) is 11.9. The zero-order chi connectivity index (χ0) is 23.8. The Bertz CT molecular complexity index is 1190. The number of hydrogen-bond acceptors (Lipinski definition) is 5. The van der Waals surface area contributed by atoms with Gasteiger partial charge in [-0.1, -0.05) is 50.2 Å². The largest absolute Gasteiger partial charge is 0.493 e. The van der Waals surface area contributed by atoms with Gasteiger partial charge < -0.3 is 14.2 Å². The first kappa shape index (κ1) is 22.3. The number of hydrazone groups is 1. The maximum atomic E-state index is 5.69. The molecule has 0 spiro atoms. The second-order valence-corrected chi connectivity index (χ2v) is 9.28. The molecule has 5 rings (SSSR count). The average molecular weight is 457 g/mol. The molecular weight excluding hydrogens is 424 g/mol. The molecule has 1 heterocycles. The summed E-state index contributed by atoms with van der Waals surface area (Å²) < 4.78 is 17.0. The van der Waals surface area contributed by atoms with Crippen molar-refractivity contribution in [2.75, 3.05) is 26.3 Å². The third-order valence-corrected chi connectivity index (χ3v) is 7.08. The predicted molar refractivity (Wildman–Crippen MR) is 137 cm³/mol. The Hall–Kier alpha value is -3.47. The molecule has 2 atom stereocenters. The van der Waals surface area contributed by atoms with Crippen molar-refractivity contribution < 1.29 is 14.2 Å². The molecule has 0 aromatic heterocycles. The Labute approximate surface area is 202 Å². The SMILES string of the molecule is COc1cc(C2C3CCc4ccccc4C3=NN2c2ccc(C(C)C)cc2)cc(OC)c1OC. The van der Waals surface area contributed by atoms with Gasteiger partial charge in [0.15, 0.2) is 11.5 Å². The van der Waals surface area contributed by atoms with E-state index in [0.717, 1.165) is 29.8 Å². The summed E-state index contributed by atoms with van der Waals surface area (Å²) in [5.74, 6) is 2.68. The molecule has 5 heteroatoms. The van der Waals surface area contributed by atoms with Crippen LogP contribution in [-0.2, 0) is 6.42 Å². The van der Waals surface area contributed by atoms with Crippen molar-refractivity contribution in [2.45, 2.75) is 38.6 Å². The van der Waals surface area contributed by atoms with Gasteiger partial charge in [0.2, 0.25) is 5.75 Å². The molecule has 0 fully saturated rings. The fraction of sp³-hybridized carbons (Fsp3) is 0.345. The van der Waals surface area contributed by atoms with Crippen molar-refractivity contribution in [2.24, 2.45) is 11.0 Å². The fourth-order valence-electron chi connectivity index (χ4n) is 5.30. The predicted octanol–water partition coefficient (Wildman–Crippen LogP) is 6.36. The van der Waals surface area contributed by atoms with E-state index < -0.39 is 0 Å². The lowest BCUT2D eigenvalue weighted by atomic mass is 9.77. The number of nitrogens with zero attached hydrogens (tertiary/aromatic N) is 2. The van der Waals surface area contributed by atoms with Crippen molar-refractivity contribution in [3.63, 3.8) is 0 Å². The van der Waals surface area contributed by atoms with Crippen molar-refractivity contribution in [1.29, 1.82) is 0 Å². The Morgan fingerprint density at radius 1 is 0.882 bits per heavy atom. The van der Waals surface area contributed by atoms with Gasteiger partial charge in [0.25, 0.3) is 0 Å². The molecule has 1 aliphatic heterocycles. The molecule has 2 unspecified atom stereocenters. The van der Waals surface area contributed by atoms with Gasteiger partial charge >= 0.3 is 0 Å². The second kappa shape index (κ2) is 9.05. The summed E-state index contributed by atoms with van der Waals surface area (Å²) in [6.07, 6.45) is 2.08. The summed E-state index contributed by atoms with van der Waals surface area (Å²) in [6, 6.07) is 21.6. The monoisotopic (exact) mass is 456 g/mol. The minimum atomic E-state index is 0.0296. The summed E-state index contributed by atoms with van der Waals surface area (Å²) in [4.78, 5) is 0. The number of methoxy groups -OCH3 is 3. The van der Waals surface area contributed by atoms with Gasteiger partial charge in [-0.2, -0.15) is 5.10 Å². The van der Waals surface area contributed by atoms with Crippen molar-refractivity contribution in [3.05, 3.63) is 82.9 Å². The van der Waals surface area contributed by atoms with Crippen LogP contribution in [0.1, 0.15) is 54.5 Å². The summed E-state index contributed by atoms with van der Waals surface area (Å²) in [6.45, 7) is 4.44. The number of rotatable bonds is 6. The average Bonchev–Trinajstić information content (AvgIpc) is 3.28. The number of ether oxygens (including phenoxy) is 3. The molecule has 0 saturated carbocycles. The number of aryl methyl sites for hydroxylation is 1. The smallest absolute Gasteiger partial charge is 0.203 e. The molecule has 0 saturated heterocycles. The first-order valence-corrected chi connectivity index (χ1v) is 11.9. The standard InChI is InChI=1S/C29H32N2O3/c1-18(2)19-10-13-22(14-11-19)31-28(21-16-25(32-3)29(34-5)26(17-21)33-4)24-15-12-20-8-6-7-9-23(20)27(24)30-31/h6-11,13-14,16-18,24,28H,12,15H2,1-5H3. The first-order chi connectivity index (χ1) is 16.5. The van der Waals surface area contributed by atoms with Crippen LogP contribution in [0.2, 0.25) is 0 Å². The number of anilines is 1. The molecule has 34 heavy (non-hydrogen) atoms. The van der Waals surface area contributed by atoms with E-state index in [1.54, 1.807) is 21.3 Å². The third kappa shape index (κ3) is 3.69. The molecule has 0 radical (unpaired) electrons. The minimum Gasteiger partial charge on any atom is -0.493 e. The Morgan fingerprint density at radius 3 is 2.18 bits per heavy atom. The van der Waals surface area contributed by atoms with Crippen LogP contribution in [0.3, 0.4) is 0 Å². The third-order valence-electron chi connectivity index (χ3n) is 7.08. The minimum absolute atomic E-state index is 0.0296. The molecule has 0 amide bonds. The van der Waals surface area contributed by atoms with Gasteiger partial charge in [0.05, 0.1) is 38.8 Å². The van der Waals surface area contributed by atoms with Crippen LogP contribution in [0.15, 0.2) is 65.8 Å². The van der Waals surface area contributed by atoms with E-state index in [0.29, 0.717) is 23.2 Å². The Kier molecular flexibility index (Phi) is 5.94. The van der Waals surface area contributed by atoms with Gasteiger partial charge in [0, 0.05) is 11.5 Å². The molecule has 5 nitrogen and oxygen atoms in total. The van der Waals surface area contributed by atoms with E-state index in [-0.39, 0.29) is 12.0 Å². The highest BCUT2D eigenvalue weighted by molar-refractivity contribution is 6.07. The van der Waals surface area contributed by atoms with Gasteiger partial charge in [-0.25, -0.2) is 0 Å². The van der Waals surface area contributed by atoms with Crippen LogP contribution >= 0.6 is 0 Å². The summed E-state index contributed by atoms with van der Waals surface area (Å²) in [7, 11) is 4.96. The summed E-state index contributed by atoms with van der Waals surface area (Å²) >= 11 is 0. The van der Waals surface area contributed by atoms with Crippen LogP contribution in [-0.4, -0.2) is 27.0 Å². The molecular formula is C29H32N2O3. The van der Waals surface area contributed by atoms with Gasteiger partial charge in [-0.3, -0.25) is 5.01 Å². The fourth-order valence-corrected chi connectivity index (χ4v) is 5.30. The van der Waals surface area contributed by atoms with Gasteiger partial charge in [-0.05, 0) is 59.7 Å². The molecule has 0 bridgehead atoms. The van der Waals surface area contributed by atoms with Crippen molar-refractivity contribution >= 4 is 11.4 Å². The van der Waals surface area contributed by atoms with Gasteiger partial charge in [-0.15, -0.1) is 0 Å². The van der Waals surface area contributed by atoms with Crippen LogP contribution in [0, 0.1) is 5.92 Å². The number of benzene rings is 3. The highest BCUT2D eigenvalue weighted by Crippen LogP contribution is 2.49. The van der Waals surface area contributed by atoms with Crippen LogP contribution in [0.5, 0.6) is 17.2 Å². The maximum absolute atomic E-state index is 5.69. The van der Waals surface area contributed by atoms with Crippen LogP contribution in [0.4, 0.5) is 5.69 Å². The molecule has 0 N–H and O–H groups in total. The second-order valence-electron chi connectivity index (χ2n) is 9.28. The van der Waals surface area contributed by atoms with E-state index in [1.807, 2.05) is 0 Å². The number of hydrogen-bond donors (Lipinski definition) is 0. The molecule has 3 aromatic rings. The number of fused-ring (bicyclic) bond motifs is 3. The zero-order valence-corrected chi connectivity index (χ0v) is 20.5. The van der Waals surface area contributed by atoms with E-state index in [9.17, 15) is 0 Å². The van der Waals surface area contributed by atoms with E-state index in [1.165, 1.54) is 16.7 Å². The lowest BCUT2D eigenvalue weighted by molar-refractivity contribution is 0.323. The topological polar surface area (TPSA) is 43.3 Å². The van der Waals surface area contributed by atoms with Crippen molar-refractivity contribution in [1.82, 2.24) is 0 Å². The van der Waals surface area contributed by atoms with Crippen LogP contribution in [0.25, 0.3) is 0 Å². The quantitative estimate of drug-likeness (QED) is 0.433. The van der Waals surface area contributed by atoms with E-state index in [4.69, 9.17) is 19.3 Å². The Morgan fingerprint density at radius 2 is 1.56 bits per heavy atom. The molecule has 2 aliphatic rings.